The number of ether oxygens (including phenoxy) is 1. The molecule has 4 N–H and O–H groups in total. The normalized spacial score (nSPS) is 37.6. The van der Waals surface area contributed by atoms with Crippen LogP contribution in [0.25, 0.3) is 0 Å². The van der Waals surface area contributed by atoms with Gasteiger partial charge in [0.05, 0.1) is 0 Å². The molecule has 21 heavy (non-hydrogen) atoms. The first kappa shape index (κ1) is 16.6. The summed E-state index contributed by atoms with van der Waals surface area (Å²) in [6, 6.07) is -0.894. The van der Waals surface area contributed by atoms with Gasteiger partial charge in [0.25, 0.3) is 0 Å². The fraction of sp³-hybridized carbons (Fsp3) is 0.727. The number of hydrogen-bond acceptors (Lipinski definition) is 7. The van der Waals surface area contributed by atoms with E-state index in [1.165, 1.54) is 0 Å². The molecular weight excluding hydrogens is 313 g/mol. The molecule has 0 saturated carbocycles. The van der Waals surface area contributed by atoms with Crippen LogP contribution < -0.4 is 5.32 Å². The Kier molecular flexibility index (Phi) is 4.83. The van der Waals surface area contributed by atoms with E-state index in [1.807, 2.05) is 0 Å². The average molecular weight is 328 g/mol. The summed E-state index contributed by atoms with van der Waals surface area (Å²) in [5, 5.41) is 32.1. The van der Waals surface area contributed by atoms with E-state index in [4.69, 9.17) is 4.74 Å². The molecule has 0 radical (unpaired) electrons. The van der Waals surface area contributed by atoms with Crippen molar-refractivity contribution in [1.29, 1.82) is 0 Å². The van der Waals surface area contributed by atoms with Gasteiger partial charge in [-0.2, -0.15) is 13.2 Å². The van der Waals surface area contributed by atoms with Crippen molar-refractivity contribution in [3.63, 3.8) is 0 Å². The van der Waals surface area contributed by atoms with Gasteiger partial charge in [0.15, 0.2) is 11.3 Å². The molecule has 10 heteroatoms. The molecule has 2 aliphatic heterocycles. The predicted octanol–water partition coefficient (Wildman–Crippen LogP) is -0.397. The zero-order valence-electron chi connectivity index (χ0n) is 10.7. The Morgan fingerprint density at radius 2 is 2.10 bits per heavy atom. The molecule has 2 aliphatic rings. The molecule has 6 nitrogen and oxygen atoms in total. The van der Waals surface area contributed by atoms with Gasteiger partial charge in [0.1, 0.15) is 29.8 Å². The minimum Gasteiger partial charge on any atom is -0.388 e. The van der Waals surface area contributed by atoms with Crippen LogP contribution in [0, 0.1) is 0 Å². The Bertz CT molecular complexity index is 434. The number of amidine groups is 1. The number of fused-ring (bicyclic) bond motifs is 1. The van der Waals surface area contributed by atoms with Crippen LogP contribution >= 0.6 is 11.8 Å². The molecule has 1 fully saturated rings. The zero-order chi connectivity index (χ0) is 15.8. The second kappa shape index (κ2) is 6.13. The quantitative estimate of drug-likeness (QED) is 0.527. The van der Waals surface area contributed by atoms with Gasteiger partial charge in [-0.25, -0.2) is 0 Å². The summed E-state index contributed by atoms with van der Waals surface area (Å²) in [7, 11) is 0. The van der Waals surface area contributed by atoms with Crippen LogP contribution in [0.15, 0.2) is 17.6 Å². The maximum Gasteiger partial charge on any atom is 0.417 e. The van der Waals surface area contributed by atoms with Gasteiger partial charge in [-0.05, 0) is 0 Å². The Labute approximate surface area is 122 Å². The number of nitrogens with zero attached hydrogens (tertiary/aromatic N) is 1. The highest BCUT2D eigenvalue weighted by Gasteiger charge is 2.55. The number of aliphatic hydroxyl groups excluding tert-OH is 3. The van der Waals surface area contributed by atoms with E-state index in [1.54, 1.807) is 6.08 Å². The van der Waals surface area contributed by atoms with Crippen LogP contribution in [0.5, 0.6) is 0 Å². The zero-order valence-corrected chi connectivity index (χ0v) is 11.5. The summed E-state index contributed by atoms with van der Waals surface area (Å²) in [6.45, 7) is 3.88. The molecule has 0 unspecified atom stereocenters. The fourth-order valence-electron chi connectivity index (χ4n) is 2.08. The average Bonchev–Trinajstić information content (AvgIpc) is 2.82. The molecule has 2 rings (SSSR count). The van der Waals surface area contributed by atoms with Crippen molar-refractivity contribution >= 4 is 16.9 Å². The minimum atomic E-state index is -4.95. The van der Waals surface area contributed by atoms with E-state index in [0.29, 0.717) is 11.7 Å². The summed E-state index contributed by atoms with van der Waals surface area (Å²) in [6.07, 6.45) is -11.7. The van der Waals surface area contributed by atoms with Crippen LogP contribution in [0.4, 0.5) is 13.2 Å². The molecule has 0 aromatic heterocycles. The number of rotatable bonds is 3. The minimum absolute atomic E-state index is 0.373. The number of nitrogens with one attached hydrogen (secondary N) is 1. The van der Waals surface area contributed by atoms with E-state index < -0.39 is 42.1 Å². The van der Waals surface area contributed by atoms with Gasteiger partial charge in [-0.15, -0.1) is 6.58 Å². The number of halogens is 3. The van der Waals surface area contributed by atoms with Crippen LogP contribution in [-0.2, 0) is 4.74 Å². The summed E-state index contributed by atoms with van der Waals surface area (Å²) in [5.41, 5.74) is -0.905. The van der Waals surface area contributed by atoms with Crippen LogP contribution in [0.2, 0.25) is 0 Å². The third-order valence-corrected chi connectivity index (χ3v) is 4.24. The lowest BCUT2D eigenvalue weighted by Crippen LogP contribution is -2.60. The standard InChI is InChI=1S/C11H15F3N2O4S/c1-2-3-15-10-16-4-5(17)6(18)7(20-9(4)21-10)8(19)11(12,13)14/h2,4-9,17-19H,1,3H2,(H,15,16)/t4-,5-,6+,7+,8+,9-/m1/s1. The molecule has 1 saturated heterocycles. The number of alkyl halides is 3. The third kappa shape index (κ3) is 3.34. The lowest BCUT2D eigenvalue weighted by atomic mass is 9.94. The number of hydrogen-bond donors (Lipinski definition) is 4. The monoisotopic (exact) mass is 328 g/mol. The molecular formula is C11H15F3N2O4S. The molecule has 120 valence electrons. The lowest BCUT2D eigenvalue weighted by molar-refractivity contribution is -0.271. The van der Waals surface area contributed by atoms with Crippen molar-refractivity contribution in [2.24, 2.45) is 4.99 Å². The van der Waals surface area contributed by atoms with E-state index in [0.717, 1.165) is 11.8 Å². The maximum atomic E-state index is 12.5. The molecule has 0 aromatic carbocycles. The third-order valence-electron chi connectivity index (χ3n) is 3.14. The Hall–Kier alpha value is -0.810. The second-order valence-electron chi connectivity index (χ2n) is 4.65. The molecule has 0 spiro atoms. The number of aliphatic imine (C=N–C) groups is 1. The van der Waals surface area contributed by atoms with Gasteiger partial charge in [0, 0.05) is 6.54 Å². The largest absolute Gasteiger partial charge is 0.417 e. The van der Waals surface area contributed by atoms with E-state index in [-0.39, 0.29) is 0 Å². The number of thioether (sulfide) groups is 1. The first-order valence-electron chi connectivity index (χ1n) is 6.11. The molecule has 6 atom stereocenters. The van der Waals surface area contributed by atoms with Gasteiger partial charge >= 0.3 is 6.18 Å². The summed E-state index contributed by atoms with van der Waals surface area (Å²) >= 11 is 0.991. The summed E-state index contributed by atoms with van der Waals surface area (Å²) in [4.78, 5) is 4.06. The highest BCUT2D eigenvalue weighted by atomic mass is 32.2. The summed E-state index contributed by atoms with van der Waals surface area (Å²) < 4.78 is 42.7. The van der Waals surface area contributed by atoms with E-state index in [9.17, 15) is 28.5 Å². The topological polar surface area (TPSA) is 94.3 Å². The maximum absolute atomic E-state index is 12.5. The molecule has 2 heterocycles. The van der Waals surface area contributed by atoms with Crippen molar-refractivity contribution in [3.05, 3.63) is 12.7 Å². The van der Waals surface area contributed by atoms with Gasteiger partial charge in [-0.3, -0.25) is 4.99 Å². The Balaban J connectivity index is 2.10. The van der Waals surface area contributed by atoms with Gasteiger partial charge < -0.3 is 25.4 Å². The van der Waals surface area contributed by atoms with E-state index >= 15 is 0 Å². The van der Waals surface area contributed by atoms with Crippen molar-refractivity contribution < 1.29 is 33.2 Å². The number of aliphatic hydroxyl groups is 3. The van der Waals surface area contributed by atoms with Crippen molar-refractivity contribution in [2.75, 3.05) is 6.54 Å². The van der Waals surface area contributed by atoms with Crippen LogP contribution in [0.1, 0.15) is 0 Å². The highest BCUT2D eigenvalue weighted by molar-refractivity contribution is 8.14. The lowest BCUT2D eigenvalue weighted by Gasteiger charge is -2.40. The van der Waals surface area contributed by atoms with Gasteiger partial charge in [0.2, 0.25) is 0 Å². The smallest absolute Gasteiger partial charge is 0.388 e. The molecule has 0 bridgehead atoms. The fourth-order valence-corrected chi connectivity index (χ4v) is 3.19. The Morgan fingerprint density at radius 3 is 2.67 bits per heavy atom. The van der Waals surface area contributed by atoms with Crippen LogP contribution in [0.3, 0.4) is 0 Å². The molecule has 0 aromatic rings. The van der Waals surface area contributed by atoms with Crippen LogP contribution in [-0.4, -0.2) is 69.1 Å². The predicted molar refractivity (Wildman–Crippen MR) is 69.8 cm³/mol. The molecule has 0 aliphatic carbocycles. The SMILES string of the molecule is C=CCNC1=N[C@@H]2[C@@H](O)[C@H](O)[C@@H]([C@H](O)C(F)(F)F)O[C@@H]2S1. The Morgan fingerprint density at radius 1 is 1.43 bits per heavy atom. The first-order valence-corrected chi connectivity index (χ1v) is 6.99. The van der Waals surface area contributed by atoms with E-state index in [2.05, 4.69) is 16.9 Å². The van der Waals surface area contributed by atoms with Crippen molar-refractivity contribution in [1.82, 2.24) is 5.32 Å². The first-order chi connectivity index (χ1) is 9.75. The van der Waals surface area contributed by atoms with Crippen molar-refractivity contribution in [2.45, 2.75) is 42.1 Å². The second-order valence-corrected chi connectivity index (χ2v) is 5.74. The van der Waals surface area contributed by atoms with Crippen molar-refractivity contribution in [3.8, 4) is 0 Å². The summed E-state index contributed by atoms with van der Waals surface area (Å²) in [5.74, 6) is 0. The van der Waals surface area contributed by atoms with Gasteiger partial charge in [-0.1, -0.05) is 17.8 Å². The highest BCUT2D eigenvalue weighted by Crippen LogP contribution is 2.38. The molecule has 0 amide bonds.